The highest BCUT2D eigenvalue weighted by molar-refractivity contribution is 5.71. The highest BCUT2D eigenvalue weighted by atomic mass is 16.5. The minimum Gasteiger partial charge on any atom is -0.289 e. The zero-order valence-electron chi connectivity index (χ0n) is 5.71. The first-order valence-electron chi connectivity index (χ1n) is 2.36. The Hall–Kier alpha value is -1.14. The summed E-state index contributed by atoms with van der Waals surface area (Å²) in [5, 5.41) is 15.1. The molecule has 2 amide bonds. The van der Waals surface area contributed by atoms with Gasteiger partial charge in [0.1, 0.15) is 0 Å². The zero-order chi connectivity index (χ0) is 8.57. The lowest BCUT2D eigenvalue weighted by Gasteiger charge is -1.78. The van der Waals surface area contributed by atoms with E-state index in [9.17, 15) is 9.59 Å². The predicted octanol–water partition coefficient (Wildman–Crippen LogP) is -0.977. The fourth-order valence-corrected chi connectivity index (χ4v) is 0. The molecule has 0 rings (SSSR count). The van der Waals surface area contributed by atoms with Crippen LogP contribution in [0.15, 0.2) is 0 Å². The van der Waals surface area contributed by atoms with Crippen molar-refractivity contribution in [2.75, 3.05) is 0 Å². The average molecular weight is 150 g/mol. The number of carbonyl (C=O) groups is 2. The number of hydrogen-bond acceptors (Lipinski definition) is 4. The molecule has 0 aromatic rings. The maximum Gasteiger partial charge on any atom is 0.240 e. The van der Waals surface area contributed by atoms with Gasteiger partial charge in [-0.15, -0.1) is 0 Å². The summed E-state index contributed by atoms with van der Waals surface area (Å²) in [7, 11) is 0. The smallest absolute Gasteiger partial charge is 0.240 e. The Labute approximate surface area is 57.8 Å². The van der Waals surface area contributed by atoms with Gasteiger partial charge >= 0.3 is 0 Å². The summed E-state index contributed by atoms with van der Waals surface area (Å²) in [4.78, 5) is 18.9. The van der Waals surface area contributed by atoms with Gasteiger partial charge in [-0.2, -0.15) is 0 Å². The molecule has 0 bridgehead atoms. The number of rotatable bonds is 0. The molecule has 6 nitrogen and oxygen atoms in total. The van der Waals surface area contributed by atoms with Crippen LogP contribution in [0.4, 0.5) is 0 Å². The molecule has 0 aliphatic rings. The van der Waals surface area contributed by atoms with Gasteiger partial charge in [0.2, 0.25) is 11.8 Å². The molecular formula is C4H10N2O4. The molecule has 0 atom stereocenters. The first-order chi connectivity index (χ1) is 4.54. The molecule has 0 saturated carbocycles. The lowest BCUT2D eigenvalue weighted by atomic mass is 10.8. The molecule has 0 aliphatic heterocycles. The minimum absolute atomic E-state index is 0.440. The quantitative estimate of drug-likeness (QED) is 0.263. The molecule has 0 heterocycles. The SMILES string of the molecule is CC(=O)NO.CC(=O)NO. The van der Waals surface area contributed by atoms with E-state index >= 15 is 0 Å². The van der Waals surface area contributed by atoms with Gasteiger partial charge in [-0.1, -0.05) is 0 Å². The molecule has 6 heteroatoms. The van der Waals surface area contributed by atoms with E-state index in [1.165, 1.54) is 24.8 Å². The number of hydrogen-bond donors (Lipinski definition) is 4. The average Bonchev–Trinajstić information content (AvgIpc) is 1.89. The van der Waals surface area contributed by atoms with Crippen molar-refractivity contribution in [2.45, 2.75) is 13.8 Å². The molecule has 0 aliphatic carbocycles. The summed E-state index contributed by atoms with van der Waals surface area (Å²) in [5.41, 5.74) is 2.78. The Kier molecular flexibility index (Phi) is 9.14. The predicted molar refractivity (Wildman–Crippen MR) is 31.2 cm³/mol. The van der Waals surface area contributed by atoms with Gasteiger partial charge in [-0.05, 0) is 0 Å². The van der Waals surface area contributed by atoms with Crippen LogP contribution in [0.1, 0.15) is 13.8 Å². The lowest BCUT2D eigenvalue weighted by molar-refractivity contribution is -0.127. The van der Waals surface area contributed by atoms with Crippen LogP contribution in [0.2, 0.25) is 0 Å². The number of amides is 2. The van der Waals surface area contributed by atoms with Crippen LogP contribution in [0.5, 0.6) is 0 Å². The fraction of sp³-hybridized carbons (Fsp3) is 0.500. The summed E-state index contributed by atoms with van der Waals surface area (Å²) in [6.07, 6.45) is 0. The summed E-state index contributed by atoms with van der Waals surface area (Å²) < 4.78 is 0. The van der Waals surface area contributed by atoms with Crippen LogP contribution in [-0.4, -0.2) is 22.2 Å². The van der Waals surface area contributed by atoms with Crippen molar-refractivity contribution in [2.24, 2.45) is 0 Å². The Morgan fingerprint density at radius 3 is 1.10 bits per heavy atom. The third-order valence-corrected chi connectivity index (χ3v) is 0.315. The van der Waals surface area contributed by atoms with Gasteiger partial charge in [0.05, 0.1) is 0 Å². The van der Waals surface area contributed by atoms with E-state index in [2.05, 4.69) is 0 Å². The summed E-state index contributed by atoms with van der Waals surface area (Å²) in [6.45, 7) is 2.44. The van der Waals surface area contributed by atoms with Crippen molar-refractivity contribution in [1.82, 2.24) is 11.0 Å². The van der Waals surface area contributed by atoms with E-state index in [1.807, 2.05) is 0 Å². The summed E-state index contributed by atoms with van der Waals surface area (Å²) >= 11 is 0. The normalized spacial score (nSPS) is 6.80. The van der Waals surface area contributed by atoms with Crippen LogP contribution < -0.4 is 11.0 Å². The molecule has 0 aromatic carbocycles. The number of hydroxylamine groups is 2. The van der Waals surface area contributed by atoms with E-state index in [0.29, 0.717) is 0 Å². The molecule has 0 fully saturated rings. The second kappa shape index (κ2) is 7.86. The Bertz CT molecular complexity index is 99.8. The zero-order valence-corrected chi connectivity index (χ0v) is 5.71. The van der Waals surface area contributed by atoms with Gasteiger partial charge in [-0.25, -0.2) is 11.0 Å². The van der Waals surface area contributed by atoms with Crippen molar-refractivity contribution in [1.29, 1.82) is 0 Å². The first-order valence-corrected chi connectivity index (χ1v) is 2.36. The molecule has 0 aromatic heterocycles. The second-order valence-corrected chi connectivity index (χ2v) is 1.34. The van der Waals surface area contributed by atoms with E-state index in [-0.39, 0.29) is 0 Å². The monoisotopic (exact) mass is 150 g/mol. The van der Waals surface area contributed by atoms with E-state index in [4.69, 9.17) is 10.4 Å². The van der Waals surface area contributed by atoms with E-state index < -0.39 is 11.8 Å². The Balaban J connectivity index is 0. The van der Waals surface area contributed by atoms with Crippen molar-refractivity contribution in [3.63, 3.8) is 0 Å². The highest BCUT2D eigenvalue weighted by Crippen LogP contribution is 1.45. The van der Waals surface area contributed by atoms with Crippen molar-refractivity contribution < 1.29 is 20.0 Å². The molecule has 0 saturated heterocycles. The molecule has 0 unspecified atom stereocenters. The van der Waals surface area contributed by atoms with Crippen LogP contribution >= 0.6 is 0 Å². The molecular weight excluding hydrogens is 140 g/mol. The molecule has 0 spiro atoms. The lowest BCUT2D eigenvalue weighted by Crippen LogP contribution is -2.12. The van der Waals surface area contributed by atoms with Gasteiger partial charge in [-0.3, -0.25) is 20.0 Å². The molecule has 10 heavy (non-hydrogen) atoms. The second-order valence-electron chi connectivity index (χ2n) is 1.34. The van der Waals surface area contributed by atoms with Crippen LogP contribution in [0.25, 0.3) is 0 Å². The summed E-state index contributed by atoms with van der Waals surface area (Å²) in [6, 6.07) is 0. The molecule has 60 valence electrons. The van der Waals surface area contributed by atoms with Gasteiger partial charge in [0, 0.05) is 13.8 Å². The maximum atomic E-state index is 9.45. The van der Waals surface area contributed by atoms with Gasteiger partial charge < -0.3 is 0 Å². The maximum absolute atomic E-state index is 9.45. The number of nitrogens with one attached hydrogen (secondary N) is 2. The Morgan fingerprint density at radius 1 is 1.00 bits per heavy atom. The highest BCUT2D eigenvalue weighted by Gasteiger charge is 1.75. The first kappa shape index (κ1) is 11.6. The summed E-state index contributed by atoms with van der Waals surface area (Å²) in [5.74, 6) is -0.880. The third-order valence-electron chi connectivity index (χ3n) is 0.315. The van der Waals surface area contributed by atoms with E-state index in [1.54, 1.807) is 0 Å². The largest absolute Gasteiger partial charge is 0.289 e. The van der Waals surface area contributed by atoms with Crippen LogP contribution in [0, 0.1) is 0 Å². The standard InChI is InChI=1S/2C2H5NO2/c2*1-2(4)3-5/h2*5H,1H3,(H,3,4). The minimum atomic E-state index is -0.440. The van der Waals surface area contributed by atoms with Crippen LogP contribution in [0.3, 0.4) is 0 Å². The van der Waals surface area contributed by atoms with Crippen molar-refractivity contribution in [3.05, 3.63) is 0 Å². The van der Waals surface area contributed by atoms with Gasteiger partial charge in [0.15, 0.2) is 0 Å². The fourth-order valence-electron chi connectivity index (χ4n) is 0. The molecule has 0 radical (unpaired) electrons. The van der Waals surface area contributed by atoms with Gasteiger partial charge in [0.25, 0.3) is 0 Å². The van der Waals surface area contributed by atoms with Crippen molar-refractivity contribution >= 4 is 11.8 Å². The van der Waals surface area contributed by atoms with Crippen LogP contribution in [-0.2, 0) is 9.59 Å². The molecule has 4 N–H and O–H groups in total. The number of carbonyl (C=O) groups excluding carboxylic acids is 2. The third kappa shape index (κ3) is 28.8. The van der Waals surface area contributed by atoms with Crippen molar-refractivity contribution in [3.8, 4) is 0 Å². The Morgan fingerprint density at radius 2 is 1.10 bits per heavy atom. The van der Waals surface area contributed by atoms with E-state index in [0.717, 1.165) is 0 Å². The topological polar surface area (TPSA) is 98.7 Å².